The Hall–Kier alpha value is -1.06. The number of ether oxygens (including phenoxy) is 2. The normalized spacial score (nSPS) is 26.7. The molecule has 104 valence electrons. The van der Waals surface area contributed by atoms with E-state index < -0.39 is 0 Å². The lowest BCUT2D eigenvalue weighted by Gasteiger charge is -2.48. The number of nitrogens with two attached hydrogens (primary N) is 1. The van der Waals surface area contributed by atoms with Crippen molar-refractivity contribution in [3.63, 3.8) is 0 Å². The fraction of sp³-hybridized carbons (Fsp3) is 0.625. The monoisotopic (exact) mass is 261 g/mol. The molecule has 1 heterocycles. The van der Waals surface area contributed by atoms with E-state index in [0.29, 0.717) is 5.92 Å². The Morgan fingerprint density at radius 2 is 2.26 bits per heavy atom. The van der Waals surface area contributed by atoms with E-state index in [0.717, 1.165) is 25.2 Å². The van der Waals surface area contributed by atoms with Crippen LogP contribution in [0.25, 0.3) is 0 Å². The first-order chi connectivity index (χ1) is 9.22. The zero-order valence-corrected chi connectivity index (χ0v) is 11.6. The quantitative estimate of drug-likeness (QED) is 0.909. The molecular formula is C16H23NO2. The van der Waals surface area contributed by atoms with E-state index in [1.54, 1.807) is 7.11 Å². The van der Waals surface area contributed by atoms with Gasteiger partial charge >= 0.3 is 0 Å². The van der Waals surface area contributed by atoms with Gasteiger partial charge in [0.1, 0.15) is 5.75 Å². The lowest BCUT2D eigenvalue weighted by molar-refractivity contribution is -0.146. The van der Waals surface area contributed by atoms with Gasteiger partial charge in [-0.05, 0) is 55.7 Å². The molecule has 0 radical (unpaired) electrons. The molecule has 2 atom stereocenters. The molecule has 0 bridgehead atoms. The van der Waals surface area contributed by atoms with E-state index in [4.69, 9.17) is 15.2 Å². The van der Waals surface area contributed by atoms with Crippen molar-refractivity contribution < 1.29 is 9.47 Å². The van der Waals surface area contributed by atoms with Crippen LogP contribution in [0.2, 0.25) is 0 Å². The van der Waals surface area contributed by atoms with Gasteiger partial charge in [0.2, 0.25) is 0 Å². The number of rotatable bonds is 3. The van der Waals surface area contributed by atoms with Crippen molar-refractivity contribution in [2.24, 2.45) is 11.7 Å². The summed E-state index contributed by atoms with van der Waals surface area (Å²) >= 11 is 0. The summed E-state index contributed by atoms with van der Waals surface area (Å²) in [6.45, 7) is 0.863. The van der Waals surface area contributed by atoms with Crippen LogP contribution < -0.4 is 10.5 Å². The second-order valence-corrected chi connectivity index (χ2v) is 5.94. The summed E-state index contributed by atoms with van der Waals surface area (Å²) in [5.41, 5.74) is 7.83. The van der Waals surface area contributed by atoms with E-state index in [1.165, 1.54) is 24.8 Å². The lowest BCUT2D eigenvalue weighted by atomic mass is 9.70. The number of hydrogen-bond donors (Lipinski definition) is 1. The molecule has 2 aliphatic rings. The third-order valence-corrected chi connectivity index (χ3v) is 4.78. The highest BCUT2D eigenvalue weighted by atomic mass is 16.5. The maximum Gasteiger partial charge on any atom is 0.119 e. The van der Waals surface area contributed by atoms with Gasteiger partial charge in [-0.1, -0.05) is 12.1 Å². The summed E-state index contributed by atoms with van der Waals surface area (Å²) in [7, 11) is 1.70. The van der Waals surface area contributed by atoms with Gasteiger partial charge in [0.05, 0.1) is 12.7 Å². The second kappa shape index (κ2) is 5.14. The molecule has 1 spiro atoms. The van der Waals surface area contributed by atoms with Gasteiger partial charge in [-0.2, -0.15) is 0 Å². The summed E-state index contributed by atoms with van der Waals surface area (Å²) in [6, 6.07) is 8.25. The van der Waals surface area contributed by atoms with Crippen molar-refractivity contribution >= 4 is 0 Å². The third-order valence-electron chi connectivity index (χ3n) is 4.78. The van der Waals surface area contributed by atoms with Crippen LogP contribution in [0.4, 0.5) is 0 Å². The average Bonchev–Trinajstić information content (AvgIpc) is 2.45. The Kier molecular flexibility index (Phi) is 3.50. The van der Waals surface area contributed by atoms with Crippen LogP contribution in [0.15, 0.2) is 24.3 Å². The molecule has 1 aliphatic carbocycles. The fourth-order valence-electron chi connectivity index (χ4n) is 3.41. The molecule has 3 heteroatoms. The fourth-order valence-corrected chi connectivity index (χ4v) is 3.41. The smallest absolute Gasteiger partial charge is 0.119 e. The van der Waals surface area contributed by atoms with E-state index in [2.05, 4.69) is 12.1 Å². The first kappa shape index (κ1) is 12.9. The molecule has 1 aliphatic heterocycles. The average molecular weight is 261 g/mol. The van der Waals surface area contributed by atoms with Crippen LogP contribution in [-0.2, 0) is 4.74 Å². The lowest BCUT2D eigenvalue weighted by Crippen LogP contribution is -2.47. The van der Waals surface area contributed by atoms with Crippen molar-refractivity contribution in [1.29, 1.82) is 0 Å². The Labute approximate surface area is 115 Å². The molecule has 2 fully saturated rings. The topological polar surface area (TPSA) is 44.5 Å². The second-order valence-electron chi connectivity index (χ2n) is 5.94. The molecule has 2 unspecified atom stereocenters. The van der Waals surface area contributed by atoms with Crippen LogP contribution in [0.3, 0.4) is 0 Å². The van der Waals surface area contributed by atoms with Gasteiger partial charge in [0.25, 0.3) is 0 Å². The van der Waals surface area contributed by atoms with Crippen molar-refractivity contribution in [1.82, 2.24) is 0 Å². The van der Waals surface area contributed by atoms with E-state index in [1.807, 2.05) is 12.1 Å². The van der Waals surface area contributed by atoms with Crippen molar-refractivity contribution in [3.8, 4) is 5.75 Å². The standard InChI is InChI=1S/C16H23NO2/c1-18-14-5-2-4-12(10-14)15(17)13-6-9-19-16(11-13)7-3-8-16/h2,4-5,10,13,15H,3,6-9,11,17H2,1H3. The van der Waals surface area contributed by atoms with Gasteiger partial charge in [-0.25, -0.2) is 0 Å². The highest BCUT2D eigenvalue weighted by Crippen LogP contribution is 2.46. The number of benzene rings is 1. The highest BCUT2D eigenvalue weighted by Gasteiger charge is 2.43. The van der Waals surface area contributed by atoms with Crippen molar-refractivity contribution in [2.45, 2.75) is 43.7 Å². The molecule has 3 rings (SSSR count). The molecule has 1 aromatic rings. The molecule has 2 N–H and O–H groups in total. The van der Waals surface area contributed by atoms with Gasteiger partial charge in [-0.3, -0.25) is 0 Å². The number of hydrogen-bond acceptors (Lipinski definition) is 3. The predicted molar refractivity (Wildman–Crippen MR) is 75.2 cm³/mol. The van der Waals surface area contributed by atoms with Crippen molar-refractivity contribution in [3.05, 3.63) is 29.8 Å². The number of methoxy groups -OCH3 is 1. The molecular weight excluding hydrogens is 238 g/mol. The van der Waals surface area contributed by atoms with Crippen LogP contribution in [0.1, 0.15) is 43.7 Å². The molecule has 3 nitrogen and oxygen atoms in total. The molecule has 1 aromatic carbocycles. The van der Waals surface area contributed by atoms with Crippen LogP contribution in [0.5, 0.6) is 5.75 Å². The Morgan fingerprint density at radius 1 is 1.42 bits per heavy atom. The molecule has 0 aromatic heterocycles. The van der Waals surface area contributed by atoms with Gasteiger partial charge in [0, 0.05) is 12.6 Å². The van der Waals surface area contributed by atoms with E-state index in [9.17, 15) is 0 Å². The molecule has 19 heavy (non-hydrogen) atoms. The maximum absolute atomic E-state index is 6.48. The van der Waals surface area contributed by atoms with E-state index >= 15 is 0 Å². The summed E-state index contributed by atoms with van der Waals surface area (Å²) in [4.78, 5) is 0. The van der Waals surface area contributed by atoms with Crippen LogP contribution in [0, 0.1) is 5.92 Å². The minimum absolute atomic E-state index is 0.0940. The molecule has 1 saturated heterocycles. The Balaban J connectivity index is 1.73. The molecule has 1 saturated carbocycles. The van der Waals surface area contributed by atoms with Crippen LogP contribution in [-0.4, -0.2) is 19.3 Å². The summed E-state index contributed by atoms with van der Waals surface area (Å²) in [5, 5.41) is 0. The highest BCUT2D eigenvalue weighted by molar-refractivity contribution is 5.30. The minimum atomic E-state index is 0.0940. The largest absolute Gasteiger partial charge is 0.497 e. The van der Waals surface area contributed by atoms with Crippen molar-refractivity contribution in [2.75, 3.05) is 13.7 Å². The minimum Gasteiger partial charge on any atom is -0.497 e. The van der Waals surface area contributed by atoms with E-state index in [-0.39, 0.29) is 11.6 Å². The Bertz CT molecular complexity index is 442. The SMILES string of the molecule is COc1cccc(C(N)C2CCOC3(CCC3)C2)c1. The summed E-state index contributed by atoms with van der Waals surface area (Å²) in [6.07, 6.45) is 5.93. The first-order valence-corrected chi connectivity index (χ1v) is 7.26. The summed E-state index contributed by atoms with van der Waals surface area (Å²) in [5.74, 6) is 1.42. The zero-order valence-electron chi connectivity index (χ0n) is 11.6. The summed E-state index contributed by atoms with van der Waals surface area (Å²) < 4.78 is 11.3. The first-order valence-electron chi connectivity index (χ1n) is 7.26. The van der Waals surface area contributed by atoms with Gasteiger partial charge < -0.3 is 15.2 Å². The van der Waals surface area contributed by atoms with Crippen LogP contribution >= 0.6 is 0 Å². The molecule has 0 amide bonds. The maximum atomic E-state index is 6.48. The zero-order chi connectivity index (χ0) is 13.3. The Morgan fingerprint density at radius 3 is 2.95 bits per heavy atom. The van der Waals surface area contributed by atoms with Gasteiger partial charge in [-0.15, -0.1) is 0 Å². The predicted octanol–water partition coefficient (Wildman–Crippen LogP) is 3.04. The van der Waals surface area contributed by atoms with Gasteiger partial charge in [0.15, 0.2) is 0 Å². The third kappa shape index (κ3) is 2.49.